The van der Waals surface area contributed by atoms with Crippen molar-refractivity contribution in [3.8, 4) is 0 Å². The van der Waals surface area contributed by atoms with Crippen molar-refractivity contribution in [1.29, 1.82) is 0 Å². The molecule has 0 bridgehead atoms. The summed E-state index contributed by atoms with van der Waals surface area (Å²) >= 11 is 0. The van der Waals surface area contributed by atoms with Crippen LogP contribution in [0.15, 0.2) is 42.5 Å². The van der Waals surface area contributed by atoms with Gasteiger partial charge in [0.25, 0.3) is 5.91 Å². The third kappa shape index (κ3) is 5.19. The molecule has 0 aromatic heterocycles. The number of nitrogens with one attached hydrogen (secondary N) is 1. The van der Waals surface area contributed by atoms with Crippen LogP contribution in [0.5, 0.6) is 0 Å². The lowest BCUT2D eigenvalue weighted by Crippen LogP contribution is -2.11. The zero-order valence-corrected chi connectivity index (χ0v) is 19.5. The fraction of sp³-hybridized carbons (Fsp3) is 0.318. The van der Waals surface area contributed by atoms with E-state index >= 15 is 0 Å². The van der Waals surface area contributed by atoms with Gasteiger partial charge < -0.3 is 18.9 Å². The first-order valence-electron chi connectivity index (χ1n) is 9.85. The summed E-state index contributed by atoms with van der Waals surface area (Å²) in [5.41, 5.74) is 3.57. The summed E-state index contributed by atoms with van der Waals surface area (Å²) in [6, 6.07) is 12.7. The van der Waals surface area contributed by atoms with Gasteiger partial charge in [0.1, 0.15) is 0 Å². The van der Waals surface area contributed by atoms with Gasteiger partial charge in [-0.2, -0.15) is 0 Å². The van der Waals surface area contributed by atoms with E-state index < -0.39 is 14.7 Å². The fourth-order valence-corrected chi connectivity index (χ4v) is 6.08. The molecule has 3 rings (SSSR count). The molecule has 0 aliphatic carbocycles. The first-order chi connectivity index (χ1) is 14.1. The Morgan fingerprint density at radius 2 is 1.70 bits per heavy atom. The van der Waals surface area contributed by atoms with E-state index in [1.54, 1.807) is 51.5 Å². The molecule has 1 aliphatic rings. The number of amides is 1. The summed E-state index contributed by atoms with van der Waals surface area (Å²) in [4.78, 5) is 12.6. The van der Waals surface area contributed by atoms with E-state index in [4.69, 9.17) is 9.05 Å². The Kier molecular flexibility index (Phi) is 6.84. The molecule has 0 unspecified atom stereocenters. The molecule has 1 aliphatic heterocycles. The van der Waals surface area contributed by atoms with Crippen LogP contribution in [0.2, 0.25) is 0 Å². The molecule has 1 amide bonds. The zero-order valence-electron chi connectivity index (χ0n) is 17.7. The molecule has 6 nitrogen and oxygen atoms in total. The molecule has 2 aromatic carbocycles. The molecule has 1 N–H and O–H groups in total. The number of fused-ring (bicyclic) bond motifs is 1. The average Bonchev–Trinajstić information content (AvgIpc) is 2.96. The summed E-state index contributed by atoms with van der Waals surface area (Å²) in [5, 5.41) is 3.26. The minimum atomic E-state index is -3.46. The molecule has 0 saturated carbocycles. The zero-order chi connectivity index (χ0) is 21.9. The Morgan fingerprint density at radius 3 is 2.33 bits per heavy atom. The van der Waals surface area contributed by atoms with E-state index in [-0.39, 0.29) is 19.1 Å². The molecule has 0 atom stereocenters. The number of hydrogen-bond acceptors (Lipinski definition) is 5. The second-order valence-electron chi connectivity index (χ2n) is 7.55. The molecule has 0 radical (unpaired) electrons. The second kappa shape index (κ2) is 9.03. The highest BCUT2D eigenvalue weighted by molar-refractivity contribution is 7.62. The van der Waals surface area contributed by atoms with E-state index in [0.29, 0.717) is 28.3 Å². The van der Waals surface area contributed by atoms with Crippen molar-refractivity contribution < 1.29 is 23.0 Å². The van der Waals surface area contributed by atoms with Gasteiger partial charge in [0.05, 0.1) is 25.7 Å². The maximum absolute atomic E-state index is 13.1. The predicted octanol–water partition coefficient (Wildman–Crippen LogP) is 5.19. The number of carbonyl (C=O) groups is 1. The van der Waals surface area contributed by atoms with Crippen molar-refractivity contribution in [2.24, 2.45) is 0 Å². The molecular formula is C22H27NO5P2. The van der Waals surface area contributed by atoms with Crippen LogP contribution in [0.3, 0.4) is 0 Å². The minimum Gasteiger partial charge on any atom is -0.324 e. The summed E-state index contributed by atoms with van der Waals surface area (Å²) in [6.45, 7) is 7.53. The Labute approximate surface area is 177 Å². The Hall–Kier alpha value is -1.97. The Balaban J connectivity index is 2.02. The molecule has 2 aromatic rings. The summed E-state index contributed by atoms with van der Waals surface area (Å²) in [5.74, 6) is -0.230. The van der Waals surface area contributed by atoms with Crippen molar-refractivity contribution in [3.63, 3.8) is 0 Å². The average molecular weight is 447 g/mol. The highest BCUT2D eigenvalue weighted by Gasteiger charge is 2.31. The van der Waals surface area contributed by atoms with E-state index in [9.17, 15) is 13.9 Å². The van der Waals surface area contributed by atoms with Crippen LogP contribution in [0.1, 0.15) is 30.5 Å². The SMILES string of the molecule is CCOP(=O)(OCC)c1ccc2c(c1)C(=Cc1cccc(CP(C)(C)=O)c1)C(=O)N2. The number of hydrogen-bond donors (Lipinski definition) is 1. The monoisotopic (exact) mass is 447 g/mol. The predicted molar refractivity (Wildman–Crippen MR) is 123 cm³/mol. The van der Waals surface area contributed by atoms with Crippen LogP contribution in [-0.2, 0) is 29.1 Å². The third-order valence-corrected chi connectivity index (χ3v) is 7.76. The Bertz CT molecular complexity index is 1080. The molecule has 0 spiro atoms. The highest BCUT2D eigenvalue weighted by Crippen LogP contribution is 2.48. The normalized spacial score (nSPS) is 15.3. The summed E-state index contributed by atoms with van der Waals surface area (Å²) in [7, 11) is -5.67. The van der Waals surface area contributed by atoms with E-state index in [0.717, 1.165) is 11.1 Å². The molecule has 160 valence electrons. The van der Waals surface area contributed by atoms with Crippen LogP contribution in [-0.4, -0.2) is 32.5 Å². The molecule has 0 saturated heterocycles. The topological polar surface area (TPSA) is 81.7 Å². The lowest BCUT2D eigenvalue weighted by molar-refractivity contribution is -0.110. The lowest BCUT2D eigenvalue weighted by Gasteiger charge is -2.17. The molecule has 0 fully saturated rings. The van der Waals surface area contributed by atoms with E-state index in [2.05, 4.69) is 5.32 Å². The molecule has 30 heavy (non-hydrogen) atoms. The van der Waals surface area contributed by atoms with E-state index in [1.165, 1.54) is 0 Å². The van der Waals surface area contributed by atoms with Gasteiger partial charge in [-0.1, -0.05) is 24.3 Å². The van der Waals surface area contributed by atoms with Crippen molar-refractivity contribution in [1.82, 2.24) is 0 Å². The number of rotatable bonds is 8. The molecule has 1 heterocycles. The maximum atomic E-state index is 13.1. The second-order valence-corrected chi connectivity index (χ2v) is 13.0. The number of benzene rings is 2. The number of anilines is 1. The third-order valence-electron chi connectivity index (χ3n) is 4.53. The first-order valence-corrected chi connectivity index (χ1v) is 14.2. The van der Waals surface area contributed by atoms with Crippen molar-refractivity contribution in [2.45, 2.75) is 20.0 Å². The van der Waals surface area contributed by atoms with E-state index in [1.807, 2.05) is 24.3 Å². The summed E-state index contributed by atoms with van der Waals surface area (Å²) < 4.78 is 36.2. The maximum Gasteiger partial charge on any atom is 0.361 e. The van der Waals surface area contributed by atoms with Crippen LogP contribution in [0, 0.1) is 0 Å². The van der Waals surface area contributed by atoms with Crippen LogP contribution >= 0.6 is 14.7 Å². The standard InChI is InChI=1S/C22H27NO5P2/c1-5-27-30(26,28-6-2)18-10-11-21-19(14-18)20(22(24)23-21)13-16-8-7-9-17(12-16)15-29(3,4)25/h7-14H,5-6,15H2,1-4H3,(H,23,24). The Morgan fingerprint density at radius 1 is 1.00 bits per heavy atom. The van der Waals surface area contributed by atoms with Crippen LogP contribution in [0.4, 0.5) is 5.69 Å². The van der Waals surface area contributed by atoms with Gasteiger partial charge in [0, 0.05) is 23.0 Å². The first kappa shape index (κ1) is 22.7. The smallest absolute Gasteiger partial charge is 0.324 e. The van der Waals surface area contributed by atoms with Gasteiger partial charge in [-0.15, -0.1) is 0 Å². The van der Waals surface area contributed by atoms with Gasteiger partial charge >= 0.3 is 7.60 Å². The van der Waals surface area contributed by atoms with Gasteiger partial charge in [-0.25, -0.2) is 0 Å². The van der Waals surface area contributed by atoms with Gasteiger partial charge in [-0.05, 0) is 62.6 Å². The van der Waals surface area contributed by atoms with Crippen molar-refractivity contribution >= 4 is 43.3 Å². The largest absolute Gasteiger partial charge is 0.361 e. The van der Waals surface area contributed by atoms with Gasteiger partial charge in [0.15, 0.2) is 0 Å². The fourth-order valence-electron chi connectivity index (χ4n) is 3.40. The van der Waals surface area contributed by atoms with Gasteiger partial charge in [0.2, 0.25) is 0 Å². The lowest BCUT2D eigenvalue weighted by atomic mass is 10.0. The van der Waals surface area contributed by atoms with Crippen molar-refractivity contribution in [2.75, 3.05) is 31.9 Å². The minimum absolute atomic E-state index is 0.230. The van der Waals surface area contributed by atoms with Crippen LogP contribution < -0.4 is 10.6 Å². The highest BCUT2D eigenvalue weighted by atomic mass is 31.2. The van der Waals surface area contributed by atoms with Crippen LogP contribution in [0.25, 0.3) is 11.6 Å². The molecule has 8 heteroatoms. The van der Waals surface area contributed by atoms with Crippen molar-refractivity contribution in [3.05, 3.63) is 59.2 Å². The van der Waals surface area contributed by atoms with Gasteiger partial charge in [-0.3, -0.25) is 9.36 Å². The summed E-state index contributed by atoms with van der Waals surface area (Å²) in [6.07, 6.45) is 2.29. The quantitative estimate of drug-likeness (QED) is 0.445. The molecular weight excluding hydrogens is 420 g/mol. The number of carbonyl (C=O) groups excluding carboxylic acids is 1.